The average molecular weight is 377 g/mol. The van der Waals surface area contributed by atoms with Crippen LogP contribution in [-0.4, -0.2) is 31.3 Å². The Morgan fingerprint density at radius 1 is 0.893 bits per heavy atom. The third kappa shape index (κ3) is 3.29. The predicted octanol–water partition coefficient (Wildman–Crippen LogP) is 4.66. The minimum atomic E-state index is 0.457. The number of aromatic nitrogens is 2. The van der Waals surface area contributed by atoms with Gasteiger partial charge in [-0.05, 0) is 30.3 Å². The first-order valence-corrected chi connectivity index (χ1v) is 8.59. The van der Waals surface area contributed by atoms with Gasteiger partial charge in [-0.1, -0.05) is 0 Å². The molecule has 28 heavy (non-hydrogen) atoms. The number of benzene rings is 2. The van der Waals surface area contributed by atoms with Gasteiger partial charge < -0.3 is 23.9 Å². The number of rotatable bonds is 6. The standard InChI is InChI=1S/C21H19N3O4/c1-25-18-11-15(12-19(26-2)20(18)27-3)23-21-22-8-6-16(24-21)13-4-5-17-14(10-13)7-9-28-17/h4-12H,1-3H3,(H,22,23,24). The van der Waals surface area contributed by atoms with Gasteiger partial charge in [-0.15, -0.1) is 0 Å². The van der Waals surface area contributed by atoms with Gasteiger partial charge >= 0.3 is 0 Å². The molecule has 4 rings (SSSR count). The second-order valence-corrected chi connectivity index (χ2v) is 5.98. The zero-order valence-electron chi connectivity index (χ0n) is 15.7. The summed E-state index contributed by atoms with van der Waals surface area (Å²) in [4.78, 5) is 8.93. The summed E-state index contributed by atoms with van der Waals surface area (Å²) < 4.78 is 21.5. The molecule has 0 amide bonds. The maximum atomic E-state index is 5.39. The third-order valence-electron chi connectivity index (χ3n) is 4.32. The van der Waals surface area contributed by atoms with Crippen molar-refractivity contribution in [3.05, 3.63) is 54.9 Å². The Morgan fingerprint density at radius 3 is 2.39 bits per heavy atom. The van der Waals surface area contributed by atoms with E-state index in [1.165, 1.54) is 0 Å². The maximum Gasteiger partial charge on any atom is 0.227 e. The summed E-state index contributed by atoms with van der Waals surface area (Å²) in [5, 5.41) is 4.21. The molecule has 0 aliphatic heterocycles. The van der Waals surface area contributed by atoms with Gasteiger partial charge in [-0.2, -0.15) is 0 Å². The van der Waals surface area contributed by atoms with Crippen LogP contribution in [0.15, 0.2) is 59.3 Å². The summed E-state index contributed by atoms with van der Waals surface area (Å²) in [7, 11) is 4.71. The number of hydrogen-bond acceptors (Lipinski definition) is 7. The number of methoxy groups -OCH3 is 3. The van der Waals surface area contributed by atoms with E-state index in [1.807, 2.05) is 30.3 Å². The molecular formula is C21H19N3O4. The first-order chi connectivity index (χ1) is 13.7. The third-order valence-corrected chi connectivity index (χ3v) is 4.32. The topological polar surface area (TPSA) is 78.6 Å². The molecule has 0 saturated carbocycles. The number of hydrogen-bond donors (Lipinski definition) is 1. The molecule has 0 spiro atoms. The van der Waals surface area contributed by atoms with Crippen molar-refractivity contribution in [1.29, 1.82) is 0 Å². The van der Waals surface area contributed by atoms with E-state index in [9.17, 15) is 0 Å². The molecule has 0 bridgehead atoms. The normalized spacial score (nSPS) is 10.7. The van der Waals surface area contributed by atoms with Crippen molar-refractivity contribution < 1.29 is 18.6 Å². The molecule has 142 valence electrons. The SMILES string of the molecule is COc1cc(Nc2nccc(-c3ccc4occc4c3)n2)cc(OC)c1OC. The van der Waals surface area contributed by atoms with Crippen molar-refractivity contribution >= 4 is 22.6 Å². The fourth-order valence-electron chi connectivity index (χ4n) is 2.99. The molecule has 0 radical (unpaired) electrons. The fraction of sp³-hybridized carbons (Fsp3) is 0.143. The van der Waals surface area contributed by atoms with E-state index in [0.29, 0.717) is 23.2 Å². The van der Waals surface area contributed by atoms with Gasteiger partial charge in [0.2, 0.25) is 11.7 Å². The molecule has 2 heterocycles. The molecule has 7 heteroatoms. The number of nitrogens with zero attached hydrogens (tertiary/aromatic N) is 2. The Kier molecular flexibility index (Phi) is 4.72. The fourth-order valence-corrected chi connectivity index (χ4v) is 2.99. The highest BCUT2D eigenvalue weighted by Crippen LogP contribution is 2.40. The number of anilines is 2. The summed E-state index contributed by atoms with van der Waals surface area (Å²) in [6, 6.07) is 13.3. The lowest BCUT2D eigenvalue weighted by molar-refractivity contribution is 0.324. The Morgan fingerprint density at radius 2 is 1.68 bits per heavy atom. The largest absolute Gasteiger partial charge is 0.493 e. The lowest BCUT2D eigenvalue weighted by Crippen LogP contribution is -2.00. The van der Waals surface area contributed by atoms with Gasteiger partial charge in [0.1, 0.15) is 5.58 Å². The van der Waals surface area contributed by atoms with Crippen LogP contribution in [-0.2, 0) is 0 Å². The summed E-state index contributed by atoms with van der Waals surface area (Å²) >= 11 is 0. The highest BCUT2D eigenvalue weighted by atomic mass is 16.5. The lowest BCUT2D eigenvalue weighted by Gasteiger charge is -2.14. The highest BCUT2D eigenvalue weighted by Gasteiger charge is 2.14. The molecule has 0 atom stereocenters. The molecule has 1 N–H and O–H groups in total. The number of ether oxygens (including phenoxy) is 3. The lowest BCUT2D eigenvalue weighted by atomic mass is 10.1. The molecule has 0 unspecified atom stereocenters. The maximum absolute atomic E-state index is 5.39. The van der Waals surface area contributed by atoms with E-state index >= 15 is 0 Å². The minimum Gasteiger partial charge on any atom is -0.493 e. The van der Waals surface area contributed by atoms with E-state index < -0.39 is 0 Å². The van der Waals surface area contributed by atoms with Gasteiger partial charge in [0.15, 0.2) is 11.5 Å². The Labute approximate surface area is 161 Å². The van der Waals surface area contributed by atoms with Crippen LogP contribution in [0.4, 0.5) is 11.6 Å². The van der Waals surface area contributed by atoms with Crippen LogP contribution in [0.1, 0.15) is 0 Å². The number of nitrogens with one attached hydrogen (secondary N) is 1. The Bertz CT molecular complexity index is 1100. The molecule has 2 aromatic heterocycles. The summed E-state index contributed by atoms with van der Waals surface area (Å²) in [6.45, 7) is 0. The van der Waals surface area contributed by atoms with Crippen LogP contribution in [0.5, 0.6) is 17.2 Å². The van der Waals surface area contributed by atoms with Crippen molar-refractivity contribution in [2.45, 2.75) is 0 Å². The average Bonchev–Trinajstić information content (AvgIpc) is 3.21. The van der Waals surface area contributed by atoms with E-state index in [1.54, 1.807) is 45.9 Å². The second-order valence-electron chi connectivity index (χ2n) is 5.98. The quantitative estimate of drug-likeness (QED) is 0.523. The van der Waals surface area contributed by atoms with Gasteiger partial charge in [0, 0.05) is 35.0 Å². The van der Waals surface area contributed by atoms with Crippen LogP contribution in [0.25, 0.3) is 22.2 Å². The monoisotopic (exact) mass is 377 g/mol. The predicted molar refractivity (Wildman–Crippen MR) is 107 cm³/mol. The van der Waals surface area contributed by atoms with Gasteiger partial charge in [0.05, 0.1) is 33.3 Å². The molecule has 2 aromatic carbocycles. The van der Waals surface area contributed by atoms with Crippen molar-refractivity contribution in [2.24, 2.45) is 0 Å². The van der Waals surface area contributed by atoms with Crippen molar-refractivity contribution in [1.82, 2.24) is 9.97 Å². The highest BCUT2D eigenvalue weighted by molar-refractivity contribution is 5.82. The van der Waals surface area contributed by atoms with Crippen LogP contribution < -0.4 is 19.5 Å². The molecule has 4 aromatic rings. The zero-order chi connectivity index (χ0) is 19.5. The van der Waals surface area contributed by atoms with E-state index in [4.69, 9.17) is 18.6 Å². The Hall–Kier alpha value is -3.74. The van der Waals surface area contributed by atoms with Gasteiger partial charge in [0.25, 0.3) is 0 Å². The molecular weight excluding hydrogens is 358 g/mol. The van der Waals surface area contributed by atoms with Crippen molar-refractivity contribution in [3.8, 4) is 28.5 Å². The zero-order valence-corrected chi connectivity index (χ0v) is 15.7. The van der Waals surface area contributed by atoms with E-state index in [2.05, 4.69) is 15.3 Å². The molecule has 0 saturated heterocycles. The number of furan rings is 1. The summed E-state index contributed by atoms with van der Waals surface area (Å²) in [5.74, 6) is 2.08. The van der Waals surface area contributed by atoms with E-state index in [-0.39, 0.29) is 0 Å². The summed E-state index contributed by atoms with van der Waals surface area (Å²) in [5.41, 5.74) is 3.34. The van der Waals surface area contributed by atoms with Crippen LogP contribution in [0, 0.1) is 0 Å². The molecule has 7 nitrogen and oxygen atoms in total. The minimum absolute atomic E-state index is 0.457. The second kappa shape index (κ2) is 7.48. The van der Waals surface area contributed by atoms with Gasteiger partial charge in [-0.25, -0.2) is 9.97 Å². The summed E-state index contributed by atoms with van der Waals surface area (Å²) in [6.07, 6.45) is 3.38. The number of fused-ring (bicyclic) bond motifs is 1. The molecule has 0 aliphatic carbocycles. The molecule has 0 aliphatic rings. The van der Waals surface area contributed by atoms with Crippen molar-refractivity contribution in [2.75, 3.05) is 26.6 Å². The smallest absolute Gasteiger partial charge is 0.227 e. The van der Waals surface area contributed by atoms with E-state index in [0.717, 1.165) is 27.9 Å². The first-order valence-electron chi connectivity index (χ1n) is 8.59. The van der Waals surface area contributed by atoms with Crippen LogP contribution >= 0.6 is 0 Å². The Balaban J connectivity index is 1.66. The van der Waals surface area contributed by atoms with Gasteiger partial charge in [-0.3, -0.25) is 0 Å². The van der Waals surface area contributed by atoms with Crippen molar-refractivity contribution in [3.63, 3.8) is 0 Å². The molecule has 0 fully saturated rings. The first kappa shape index (κ1) is 17.7. The van der Waals surface area contributed by atoms with Crippen LogP contribution in [0.3, 0.4) is 0 Å². The van der Waals surface area contributed by atoms with Crippen LogP contribution in [0.2, 0.25) is 0 Å².